The third-order valence-corrected chi connectivity index (χ3v) is 5.27. The molecule has 1 atom stereocenters. The highest BCUT2D eigenvalue weighted by atomic mass is 16.5. The first-order chi connectivity index (χ1) is 16.0. The van der Waals surface area contributed by atoms with Crippen LogP contribution >= 0.6 is 0 Å². The number of carbonyl (C=O) groups is 3. The third-order valence-electron chi connectivity index (χ3n) is 5.27. The van der Waals surface area contributed by atoms with Gasteiger partial charge in [-0.3, -0.25) is 14.6 Å². The first-order valence-corrected chi connectivity index (χ1v) is 10.5. The van der Waals surface area contributed by atoms with Gasteiger partial charge in [-0.2, -0.15) is 0 Å². The van der Waals surface area contributed by atoms with Crippen molar-refractivity contribution < 1.29 is 28.6 Å². The fourth-order valence-electron chi connectivity index (χ4n) is 3.69. The molecule has 2 aromatic heterocycles. The van der Waals surface area contributed by atoms with E-state index in [2.05, 4.69) is 4.98 Å². The second kappa shape index (κ2) is 9.52. The van der Waals surface area contributed by atoms with Gasteiger partial charge in [-0.25, -0.2) is 4.79 Å². The fraction of sp³-hybridized carbons (Fsp3) is 0.200. The number of nitrogens with zero attached hydrogens (tertiary/aromatic N) is 2. The van der Waals surface area contributed by atoms with Crippen molar-refractivity contribution in [2.45, 2.75) is 25.9 Å². The lowest BCUT2D eigenvalue weighted by atomic mass is 9.96. The number of amides is 1. The largest absolute Gasteiger partial charge is 0.503 e. The first kappa shape index (κ1) is 22.0. The van der Waals surface area contributed by atoms with E-state index in [0.717, 1.165) is 6.42 Å². The van der Waals surface area contributed by atoms with Gasteiger partial charge in [0.2, 0.25) is 5.78 Å². The number of ether oxygens (including phenoxy) is 1. The number of aromatic nitrogens is 1. The molecule has 1 amide bonds. The number of aliphatic hydroxyl groups excluding tert-OH is 1. The fourth-order valence-corrected chi connectivity index (χ4v) is 3.69. The lowest BCUT2D eigenvalue weighted by Gasteiger charge is -2.26. The Kier molecular flexibility index (Phi) is 6.35. The quantitative estimate of drug-likeness (QED) is 0.411. The van der Waals surface area contributed by atoms with E-state index >= 15 is 0 Å². The van der Waals surface area contributed by atoms with Gasteiger partial charge in [0.15, 0.2) is 11.5 Å². The van der Waals surface area contributed by atoms with Crippen molar-refractivity contribution >= 4 is 17.7 Å². The van der Waals surface area contributed by atoms with Gasteiger partial charge in [-0.05, 0) is 47.9 Å². The Labute approximate surface area is 190 Å². The number of carbonyl (C=O) groups excluding carboxylic acids is 3. The Morgan fingerprint density at radius 2 is 1.94 bits per heavy atom. The molecule has 4 rings (SSSR count). The van der Waals surface area contributed by atoms with Crippen LogP contribution in [0.1, 0.15) is 51.4 Å². The molecule has 8 heteroatoms. The van der Waals surface area contributed by atoms with Crippen molar-refractivity contribution in [3.05, 3.63) is 101 Å². The van der Waals surface area contributed by atoms with Gasteiger partial charge in [-0.15, -0.1) is 0 Å². The Balaban J connectivity index is 1.64. The van der Waals surface area contributed by atoms with Gasteiger partial charge in [0.1, 0.15) is 0 Å². The van der Waals surface area contributed by atoms with Crippen molar-refractivity contribution in [1.82, 2.24) is 9.88 Å². The predicted molar refractivity (Wildman–Crippen MR) is 117 cm³/mol. The molecule has 0 spiro atoms. The summed E-state index contributed by atoms with van der Waals surface area (Å²) in [4.78, 5) is 43.6. The van der Waals surface area contributed by atoms with Crippen molar-refractivity contribution in [3.8, 4) is 0 Å². The summed E-state index contributed by atoms with van der Waals surface area (Å²) in [6.45, 7) is 2.35. The molecular formula is C25H22N2O6. The van der Waals surface area contributed by atoms with Gasteiger partial charge in [0.05, 0.1) is 30.0 Å². The number of rotatable bonds is 8. The molecule has 33 heavy (non-hydrogen) atoms. The number of Topliss-reactive ketones (excluding diaryl/α,β-unsaturated/α-hetero) is 1. The summed E-state index contributed by atoms with van der Waals surface area (Å²) < 4.78 is 10.3. The smallest absolute Gasteiger partial charge is 0.338 e. The maximum Gasteiger partial charge on any atom is 0.338 e. The van der Waals surface area contributed by atoms with Gasteiger partial charge in [0, 0.05) is 18.9 Å². The highest BCUT2D eigenvalue weighted by Gasteiger charge is 2.44. The van der Waals surface area contributed by atoms with Crippen LogP contribution in [0.2, 0.25) is 0 Å². The van der Waals surface area contributed by atoms with Crippen LogP contribution < -0.4 is 0 Å². The van der Waals surface area contributed by atoms with Crippen molar-refractivity contribution in [3.63, 3.8) is 0 Å². The molecule has 8 nitrogen and oxygen atoms in total. The van der Waals surface area contributed by atoms with E-state index in [9.17, 15) is 19.5 Å². The average molecular weight is 446 g/mol. The van der Waals surface area contributed by atoms with Crippen molar-refractivity contribution in [2.75, 3.05) is 6.61 Å². The SMILES string of the molecule is CCCOC(=O)c1ccc(CN2C(=O)C(O)=C(C(=O)c3ccco3)C2c2cccnc2)cc1. The maximum atomic E-state index is 13.1. The van der Waals surface area contributed by atoms with Crippen LogP contribution in [0.15, 0.2) is 82.9 Å². The van der Waals surface area contributed by atoms with Gasteiger partial charge in [-0.1, -0.05) is 25.1 Å². The third kappa shape index (κ3) is 4.41. The zero-order chi connectivity index (χ0) is 23.4. The van der Waals surface area contributed by atoms with E-state index in [4.69, 9.17) is 9.15 Å². The number of furan rings is 1. The van der Waals surface area contributed by atoms with E-state index in [1.54, 1.807) is 54.9 Å². The maximum absolute atomic E-state index is 13.1. The molecular weight excluding hydrogens is 424 g/mol. The van der Waals surface area contributed by atoms with E-state index < -0.39 is 29.5 Å². The summed E-state index contributed by atoms with van der Waals surface area (Å²) in [5, 5.41) is 10.7. The van der Waals surface area contributed by atoms with E-state index in [1.807, 2.05) is 6.92 Å². The van der Waals surface area contributed by atoms with Crippen molar-refractivity contribution in [2.24, 2.45) is 0 Å². The molecule has 1 aliphatic rings. The van der Waals surface area contributed by atoms with Crippen molar-refractivity contribution in [1.29, 1.82) is 0 Å². The Bertz CT molecular complexity index is 1180. The van der Waals surface area contributed by atoms with Gasteiger partial charge >= 0.3 is 5.97 Å². The first-order valence-electron chi connectivity index (χ1n) is 10.5. The van der Waals surface area contributed by atoms with Crippen LogP contribution in [0.5, 0.6) is 0 Å². The summed E-state index contributed by atoms with van der Waals surface area (Å²) >= 11 is 0. The molecule has 0 aliphatic carbocycles. The number of hydrogen-bond acceptors (Lipinski definition) is 7. The highest BCUT2D eigenvalue weighted by Crippen LogP contribution is 2.39. The monoisotopic (exact) mass is 446 g/mol. The van der Waals surface area contributed by atoms with Crippen LogP contribution in [0.25, 0.3) is 0 Å². The standard InChI is InChI=1S/C25H22N2O6/c1-2-12-33-25(31)17-9-7-16(8-10-17)15-27-21(18-5-3-11-26-14-18)20(23(29)24(27)30)22(28)19-6-4-13-32-19/h3-11,13-14,21,29H,2,12,15H2,1H3. The zero-order valence-corrected chi connectivity index (χ0v) is 17.9. The average Bonchev–Trinajstić information content (AvgIpc) is 3.46. The van der Waals surface area contributed by atoms with Crippen LogP contribution in [0, 0.1) is 0 Å². The molecule has 3 aromatic rings. The zero-order valence-electron chi connectivity index (χ0n) is 17.9. The van der Waals surface area contributed by atoms with E-state index in [0.29, 0.717) is 23.3 Å². The number of benzene rings is 1. The Morgan fingerprint density at radius 1 is 1.15 bits per heavy atom. The normalized spacial score (nSPS) is 15.7. The summed E-state index contributed by atoms with van der Waals surface area (Å²) in [6, 6.07) is 12.3. The molecule has 0 bridgehead atoms. The Morgan fingerprint density at radius 3 is 2.58 bits per heavy atom. The lowest BCUT2D eigenvalue weighted by Crippen LogP contribution is -2.30. The number of esters is 1. The molecule has 0 radical (unpaired) electrons. The molecule has 1 unspecified atom stereocenters. The topological polar surface area (TPSA) is 110 Å². The minimum absolute atomic E-state index is 0.0232. The molecule has 0 saturated heterocycles. The summed E-state index contributed by atoms with van der Waals surface area (Å²) in [6.07, 6.45) is 5.21. The van der Waals surface area contributed by atoms with Gasteiger partial charge < -0.3 is 19.2 Å². The summed E-state index contributed by atoms with van der Waals surface area (Å²) in [7, 11) is 0. The number of ketones is 1. The van der Waals surface area contributed by atoms with E-state index in [1.165, 1.54) is 17.2 Å². The second-order valence-electron chi connectivity index (χ2n) is 7.52. The van der Waals surface area contributed by atoms with E-state index in [-0.39, 0.29) is 17.9 Å². The number of aliphatic hydroxyl groups is 1. The summed E-state index contributed by atoms with van der Waals surface area (Å²) in [5.74, 6) is -2.26. The molecule has 168 valence electrons. The van der Waals surface area contributed by atoms with Crippen LogP contribution in [-0.4, -0.2) is 39.3 Å². The molecule has 3 heterocycles. The number of hydrogen-bond donors (Lipinski definition) is 1. The molecule has 1 N–H and O–H groups in total. The molecule has 1 aliphatic heterocycles. The minimum Gasteiger partial charge on any atom is -0.503 e. The Hall–Kier alpha value is -4.20. The molecule has 0 fully saturated rings. The highest BCUT2D eigenvalue weighted by molar-refractivity contribution is 6.15. The summed E-state index contributed by atoms with van der Waals surface area (Å²) in [5.41, 5.74) is 1.62. The molecule has 0 saturated carbocycles. The van der Waals surface area contributed by atoms with Crippen LogP contribution in [0.4, 0.5) is 0 Å². The van der Waals surface area contributed by atoms with Gasteiger partial charge in [0.25, 0.3) is 5.91 Å². The minimum atomic E-state index is -0.849. The number of pyridine rings is 1. The van der Waals surface area contributed by atoms with Crippen LogP contribution in [-0.2, 0) is 16.1 Å². The lowest BCUT2D eigenvalue weighted by molar-refractivity contribution is -0.130. The molecule has 1 aromatic carbocycles. The predicted octanol–water partition coefficient (Wildman–Crippen LogP) is 4.02. The van der Waals surface area contributed by atoms with Crippen LogP contribution in [0.3, 0.4) is 0 Å². The second-order valence-corrected chi connectivity index (χ2v) is 7.52.